The van der Waals surface area contributed by atoms with Crippen molar-refractivity contribution in [1.29, 1.82) is 0 Å². The third-order valence-electron chi connectivity index (χ3n) is 6.05. The van der Waals surface area contributed by atoms with Gasteiger partial charge in [0, 0.05) is 18.0 Å². The number of anilines is 1. The zero-order valence-electron chi connectivity index (χ0n) is 20.6. The Morgan fingerprint density at radius 2 is 1.78 bits per heavy atom. The van der Waals surface area contributed by atoms with E-state index in [0.717, 1.165) is 11.1 Å². The molecule has 3 aromatic carbocycles. The van der Waals surface area contributed by atoms with Crippen LogP contribution in [0.5, 0.6) is 28.7 Å². The highest BCUT2D eigenvalue weighted by Crippen LogP contribution is 2.48. The maximum absolute atomic E-state index is 13.2. The Balaban J connectivity index is 1.34. The van der Waals surface area contributed by atoms with E-state index in [9.17, 15) is 9.18 Å². The number of aryl methyl sites for hydroxylation is 1. The van der Waals surface area contributed by atoms with Gasteiger partial charge in [-0.15, -0.1) is 0 Å². The Kier molecular flexibility index (Phi) is 6.68. The van der Waals surface area contributed by atoms with Crippen LogP contribution >= 0.6 is 0 Å². The number of hydrogen-bond donors (Lipinski definition) is 2. The van der Waals surface area contributed by atoms with Crippen molar-refractivity contribution in [2.45, 2.75) is 19.9 Å². The van der Waals surface area contributed by atoms with Gasteiger partial charge in [-0.05, 0) is 61.4 Å². The molecule has 0 radical (unpaired) electrons. The first kappa shape index (κ1) is 24.2. The summed E-state index contributed by atoms with van der Waals surface area (Å²) in [5, 5.41) is 6.40. The molecule has 1 aromatic heterocycles. The number of aromatic nitrogens is 1. The van der Waals surface area contributed by atoms with E-state index < -0.39 is 0 Å². The van der Waals surface area contributed by atoms with Crippen molar-refractivity contribution in [2.75, 3.05) is 25.6 Å². The topological polar surface area (TPSA) is 90.9 Å². The van der Waals surface area contributed by atoms with Gasteiger partial charge in [-0.25, -0.2) is 9.18 Å². The van der Waals surface area contributed by atoms with Gasteiger partial charge in [0.25, 0.3) is 0 Å². The number of benzene rings is 3. The fraction of sp³-hybridized carbons (Fsp3) is 0.214. The lowest BCUT2D eigenvalue weighted by atomic mass is 10.1. The number of urea groups is 1. The van der Waals surface area contributed by atoms with Crippen molar-refractivity contribution in [2.24, 2.45) is 0 Å². The lowest BCUT2D eigenvalue weighted by Gasteiger charge is -2.23. The van der Waals surface area contributed by atoms with Crippen LogP contribution in [0.25, 0.3) is 10.9 Å². The standard InChI is InChI=1S/C28H26FN3O5/c1-16-14-20(8-9-21(16)32-28(33)31-17(2)18-4-6-19(29)7-5-18)37-23-10-11-30-22-15-24(34-3)26-27(25(22)23)36-13-12-35-26/h4-11,14-15,17H,12-13H2,1-3H3,(H2,31,32,33)/t17-/m1/s1. The number of halogens is 1. The first-order valence-corrected chi connectivity index (χ1v) is 11.8. The first-order chi connectivity index (χ1) is 17.9. The van der Waals surface area contributed by atoms with Crippen LogP contribution in [0.2, 0.25) is 0 Å². The van der Waals surface area contributed by atoms with Crippen molar-refractivity contribution in [3.05, 3.63) is 77.7 Å². The van der Waals surface area contributed by atoms with Crippen LogP contribution in [-0.2, 0) is 0 Å². The molecule has 37 heavy (non-hydrogen) atoms. The maximum Gasteiger partial charge on any atom is 0.319 e. The molecular formula is C28H26FN3O5. The van der Waals surface area contributed by atoms with Crippen LogP contribution < -0.4 is 29.6 Å². The lowest BCUT2D eigenvalue weighted by Crippen LogP contribution is -2.31. The van der Waals surface area contributed by atoms with Crippen molar-refractivity contribution in [3.63, 3.8) is 0 Å². The number of fused-ring (bicyclic) bond motifs is 3. The molecule has 1 atom stereocenters. The molecule has 1 aliphatic heterocycles. The first-order valence-electron chi connectivity index (χ1n) is 11.8. The van der Waals surface area contributed by atoms with E-state index in [-0.39, 0.29) is 17.9 Å². The Morgan fingerprint density at radius 3 is 2.51 bits per heavy atom. The Morgan fingerprint density at radius 1 is 1.03 bits per heavy atom. The summed E-state index contributed by atoms with van der Waals surface area (Å²) in [4.78, 5) is 17.0. The minimum Gasteiger partial charge on any atom is -0.493 e. The lowest BCUT2D eigenvalue weighted by molar-refractivity contribution is 0.167. The minimum atomic E-state index is -0.369. The van der Waals surface area contributed by atoms with Crippen molar-refractivity contribution < 1.29 is 28.1 Å². The van der Waals surface area contributed by atoms with Gasteiger partial charge in [-0.3, -0.25) is 4.98 Å². The van der Waals surface area contributed by atoms with E-state index >= 15 is 0 Å². The summed E-state index contributed by atoms with van der Waals surface area (Å²) in [5.41, 5.74) is 2.90. The molecule has 2 amide bonds. The predicted octanol–water partition coefficient (Wildman–Crippen LogP) is 6.14. The van der Waals surface area contributed by atoms with E-state index in [2.05, 4.69) is 15.6 Å². The van der Waals surface area contributed by atoms with E-state index in [1.165, 1.54) is 12.1 Å². The number of hydrogen-bond acceptors (Lipinski definition) is 6. The molecular weight excluding hydrogens is 477 g/mol. The van der Waals surface area contributed by atoms with Gasteiger partial charge in [0.2, 0.25) is 5.75 Å². The van der Waals surface area contributed by atoms with Gasteiger partial charge >= 0.3 is 6.03 Å². The van der Waals surface area contributed by atoms with Crippen LogP contribution in [0.15, 0.2) is 60.8 Å². The third kappa shape index (κ3) is 5.06. The average Bonchev–Trinajstić information content (AvgIpc) is 2.90. The van der Waals surface area contributed by atoms with Gasteiger partial charge in [-0.1, -0.05) is 12.1 Å². The molecule has 0 saturated carbocycles. The van der Waals surface area contributed by atoms with Crippen molar-refractivity contribution in [3.8, 4) is 28.7 Å². The molecule has 0 unspecified atom stereocenters. The van der Waals surface area contributed by atoms with Gasteiger partial charge < -0.3 is 29.6 Å². The highest BCUT2D eigenvalue weighted by molar-refractivity contribution is 5.95. The van der Waals surface area contributed by atoms with Crippen LogP contribution in [0.1, 0.15) is 24.1 Å². The fourth-order valence-corrected chi connectivity index (χ4v) is 4.17. The normalized spacial score (nSPS) is 13.1. The zero-order chi connectivity index (χ0) is 25.9. The molecule has 190 valence electrons. The van der Waals surface area contributed by atoms with Crippen LogP contribution in [0.3, 0.4) is 0 Å². The molecule has 0 spiro atoms. The smallest absolute Gasteiger partial charge is 0.319 e. The molecule has 0 saturated heterocycles. The monoisotopic (exact) mass is 503 g/mol. The molecule has 2 N–H and O–H groups in total. The van der Waals surface area contributed by atoms with Gasteiger partial charge in [0.1, 0.15) is 30.5 Å². The Bertz CT molecular complexity index is 1460. The van der Waals surface area contributed by atoms with E-state index in [0.29, 0.717) is 58.6 Å². The third-order valence-corrected chi connectivity index (χ3v) is 6.05. The number of carbonyl (C=O) groups is 1. The highest BCUT2D eigenvalue weighted by atomic mass is 19.1. The van der Waals surface area contributed by atoms with Crippen LogP contribution in [-0.4, -0.2) is 31.3 Å². The second-order valence-corrected chi connectivity index (χ2v) is 8.59. The number of ether oxygens (including phenoxy) is 4. The Hall–Kier alpha value is -4.53. The van der Waals surface area contributed by atoms with E-state index in [1.807, 2.05) is 19.9 Å². The molecule has 2 heterocycles. The van der Waals surface area contributed by atoms with Gasteiger partial charge in [-0.2, -0.15) is 0 Å². The summed E-state index contributed by atoms with van der Waals surface area (Å²) in [6.07, 6.45) is 1.66. The highest BCUT2D eigenvalue weighted by Gasteiger charge is 2.24. The van der Waals surface area contributed by atoms with Crippen LogP contribution in [0.4, 0.5) is 14.9 Å². The average molecular weight is 504 g/mol. The SMILES string of the molecule is COc1cc2nccc(Oc3ccc(NC(=O)N[C@H](C)c4ccc(F)cc4)c(C)c3)c2c2c1OCCO2. The van der Waals surface area contributed by atoms with E-state index in [4.69, 9.17) is 18.9 Å². The van der Waals surface area contributed by atoms with Gasteiger partial charge in [0.15, 0.2) is 11.5 Å². The number of rotatable bonds is 6. The number of nitrogens with one attached hydrogen (secondary N) is 2. The Labute approximate surface area is 213 Å². The quantitative estimate of drug-likeness (QED) is 0.329. The number of methoxy groups -OCH3 is 1. The number of pyridine rings is 1. The zero-order valence-corrected chi connectivity index (χ0v) is 20.6. The molecule has 0 aliphatic carbocycles. The largest absolute Gasteiger partial charge is 0.493 e. The van der Waals surface area contributed by atoms with Crippen LogP contribution in [0, 0.1) is 12.7 Å². The number of amides is 2. The maximum atomic E-state index is 13.2. The van der Waals surface area contributed by atoms with Crippen molar-refractivity contribution in [1.82, 2.24) is 10.3 Å². The summed E-state index contributed by atoms with van der Waals surface area (Å²) in [5.74, 6) is 2.42. The van der Waals surface area contributed by atoms with Gasteiger partial charge in [0.05, 0.1) is 24.1 Å². The predicted molar refractivity (Wildman–Crippen MR) is 138 cm³/mol. The number of carbonyl (C=O) groups excluding carboxylic acids is 1. The molecule has 8 nitrogen and oxygen atoms in total. The number of nitrogens with zero attached hydrogens (tertiary/aromatic N) is 1. The summed E-state index contributed by atoms with van der Waals surface area (Å²) in [6, 6.07) is 14.3. The molecule has 1 aliphatic rings. The second-order valence-electron chi connectivity index (χ2n) is 8.59. The second kappa shape index (κ2) is 10.2. The molecule has 5 rings (SSSR count). The minimum absolute atomic E-state index is 0.292. The molecule has 9 heteroatoms. The summed E-state index contributed by atoms with van der Waals surface area (Å²) < 4.78 is 36.6. The molecule has 0 bridgehead atoms. The summed E-state index contributed by atoms with van der Waals surface area (Å²) in [7, 11) is 1.57. The molecule has 4 aromatic rings. The molecule has 0 fully saturated rings. The summed E-state index contributed by atoms with van der Waals surface area (Å²) >= 11 is 0. The van der Waals surface area contributed by atoms with E-state index in [1.54, 1.807) is 49.7 Å². The van der Waals surface area contributed by atoms with Crippen molar-refractivity contribution >= 4 is 22.6 Å². The fourth-order valence-electron chi connectivity index (χ4n) is 4.17. The summed E-state index contributed by atoms with van der Waals surface area (Å²) in [6.45, 7) is 4.54.